The number of hydrogen-bond donors (Lipinski definition) is 2. The third kappa shape index (κ3) is 2.79. The Balaban J connectivity index is 1.93. The molecule has 1 heterocycles. The Bertz CT molecular complexity index is 358. The molecule has 1 saturated heterocycles. The van der Waals surface area contributed by atoms with Gasteiger partial charge in [0.15, 0.2) is 0 Å². The molecule has 3 nitrogen and oxygen atoms in total. The zero-order valence-electron chi connectivity index (χ0n) is 9.00. The highest BCUT2D eigenvalue weighted by Gasteiger charge is 2.20. The number of benzene rings is 1. The van der Waals surface area contributed by atoms with E-state index in [1.165, 1.54) is 12.1 Å². The average Bonchev–Trinajstić information content (AvgIpc) is 2.33. The molecule has 1 aliphatic heterocycles. The second kappa shape index (κ2) is 5.07. The minimum atomic E-state index is -0.297. The number of carbonyl (C=O) groups is 1. The monoisotopic (exact) mass is 222 g/mol. The quantitative estimate of drug-likeness (QED) is 0.802. The summed E-state index contributed by atoms with van der Waals surface area (Å²) in [5, 5.41) is 5.94. The summed E-state index contributed by atoms with van der Waals surface area (Å²) < 4.78 is 12.7. The normalized spacial score (nSPS) is 20.4. The summed E-state index contributed by atoms with van der Waals surface area (Å²) in [5.74, 6) is -0.333. The van der Waals surface area contributed by atoms with Crippen LogP contribution in [-0.4, -0.2) is 18.5 Å². The van der Waals surface area contributed by atoms with Crippen molar-refractivity contribution in [3.05, 3.63) is 30.1 Å². The van der Waals surface area contributed by atoms with Crippen molar-refractivity contribution in [2.45, 2.75) is 25.3 Å². The molecule has 0 unspecified atom stereocenters. The highest BCUT2D eigenvalue weighted by atomic mass is 19.1. The van der Waals surface area contributed by atoms with Gasteiger partial charge >= 0.3 is 0 Å². The summed E-state index contributed by atoms with van der Waals surface area (Å²) in [7, 11) is 0. The van der Waals surface area contributed by atoms with Crippen molar-refractivity contribution in [2.24, 2.45) is 0 Å². The largest absolute Gasteiger partial charge is 0.325 e. The molecule has 2 rings (SSSR count). The first-order valence-electron chi connectivity index (χ1n) is 5.55. The lowest BCUT2D eigenvalue weighted by atomic mass is 10.0. The minimum Gasteiger partial charge on any atom is -0.325 e. The molecule has 2 N–H and O–H groups in total. The number of anilines is 1. The van der Waals surface area contributed by atoms with Crippen LogP contribution in [-0.2, 0) is 4.79 Å². The van der Waals surface area contributed by atoms with Crippen LogP contribution < -0.4 is 10.6 Å². The lowest BCUT2D eigenvalue weighted by Gasteiger charge is -2.22. The van der Waals surface area contributed by atoms with Crippen molar-refractivity contribution in [1.82, 2.24) is 5.32 Å². The third-order valence-electron chi connectivity index (χ3n) is 2.74. The maximum Gasteiger partial charge on any atom is 0.241 e. The highest BCUT2D eigenvalue weighted by molar-refractivity contribution is 5.94. The Morgan fingerprint density at radius 3 is 2.69 bits per heavy atom. The number of rotatable bonds is 2. The number of halogens is 1. The number of piperidine rings is 1. The lowest BCUT2D eigenvalue weighted by molar-refractivity contribution is -0.118. The van der Waals surface area contributed by atoms with E-state index in [0.717, 1.165) is 25.8 Å². The smallest absolute Gasteiger partial charge is 0.241 e. The van der Waals surface area contributed by atoms with Crippen LogP contribution in [0.4, 0.5) is 10.1 Å². The molecule has 0 aromatic heterocycles. The Morgan fingerprint density at radius 2 is 2.06 bits per heavy atom. The van der Waals surface area contributed by atoms with Crippen LogP contribution in [0, 0.1) is 5.82 Å². The van der Waals surface area contributed by atoms with Crippen molar-refractivity contribution in [3.63, 3.8) is 0 Å². The zero-order chi connectivity index (χ0) is 11.4. The van der Waals surface area contributed by atoms with Crippen LogP contribution in [0.2, 0.25) is 0 Å². The van der Waals surface area contributed by atoms with E-state index in [4.69, 9.17) is 0 Å². The predicted molar refractivity (Wildman–Crippen MR) is 60.7 cm³/mol. The fraction of sp³-hybridized carbons (Fsp3) is 0.417. The molecule has 1 aromatic carbocycles. The van der Waals surface area contributed by atoms with E-state index >= 15 is 0 Å². The van der Waals surface area contributed by atoms with Crippen LogP contribution in [0.25, 0.3) is 0 Å². The van der Waals surface area contributed by atoms with Gasteiger partial charge in [-0.1, -0.05) is 6.42 Å². The van der Waals surface area contributed by atoms with Gasteiger partial charge in [-0.05, 0) is 43.7 Å². The molecule has 1 amide bonds. The molecule has 0 saturated carbocycles. The van der Waals surface area contributed by atoms with Gasteiger partial charge < -0.3 is 10.6 Å². The molecular formula is C12H15FN2O. The van der Waals surface area contributed by atoms with Crippen LogP contribution in [0.3, 0.4) is 0 Å². The summed E-state index contributed by atoms with van der Waals surface area (Å²) in [6.07, 6.45) is 3.07. The first-order chi connectivity index (χ1) is 7.75. The van der Waals surface area contributed by atoms with Crippen molar-refractivity contribution < 1.29 is 9.18 Å². The summed E-state index contributed by atoms with van der Waals surface area (Å²) in [6, 6.07) is 5.69. The summed E-state index contributed by atoms with van der Waals surface area (Å²) in [6.45, 7) is 0.890. The van der Waals surface area contributed by atoms with Crippen LogP contribution in [0.1, 0.15) is 19.3 Å². The van der Waals surface area contributed by atoms with Gasteiger partial charge in [0.25, 0.3) is 0 Å². The van der Waals surface area contributed by atoms with Crippen LogP contribution >= 0.6 is 0 Å². The number of amides is 1. The molecule has 1 fully saturated rings. The molecule has 1 aliphatic rings. The molecular weight excluding hydrogens is 207 g/mol. The van der Waals surface area contributed by atoms with Gasteiger partial charge in [0, 0.05) is 5.69 Å². The van der Waals surface area contributed by atoms with Gasteiger partial charge in [-0.3, -0.25) is 4.79 Å². The van der Waals surface area contributed by atoms with E-state index < -0.39 is 0 Å². The van der Waals surface area contributed by atoms with Crippen molar-refractivity contribution in [2.75, 3.05) is 11.9 Å². The SMILES string of the molecule is O=C(Nc1ccc(F)cc1)[C@H]1CCCCN1. The van der Waals surface area contributed by atoms with E-state index in [9.17, 15) is 9.18 Å². The van der Waals surface area contributed by atoms with Gasteiger partial charge in [-0.25, -0.2) is 4.39 Å². The fourth-order valence-corrected chi connectivity index (χ4v) is 1.84. The van der Waals surface area contributed by atoms with Gasteiger partial charge in [0.2, 0.25) is 5.91 Å². The average molecular weight is 222 g/mol. The van der Waals surface area contributed by atoms with Crippen molar-refractivity contribution in [1.29, 1.82) is 0 Å². The number of nitrogens with one attached hydrogen (secondary N) is 2. The number of carbonyl (C=O) groups excluding carboxylic acids is 1. The van der Waals surface area contributed by atoms with Gasteiger partial charge in [0.05, 0.1) is 6.04 Å². The third-order valence-corrected chi connectivity index (χ3v) is 2.74. The summed E-state index contributed by atoms with van der Waals surface area (Å²) >= 11 is 0. The van der Waals surface area contributed by atoms with E-state index in [2.05, 4.69) is 10.6 Å². The van der Waals surface area contributed by atoms with Gasteiger partial charge in [-0.15, -0.1) is 0 Å². The van der Waals surface area contributed by atoms with E-state index in [0.29, 0.717) is 5.69 Å². The molecule has 0 aliphatic carbocycles. The van der Waals surface area contributed by atoms with Gasteiger partial charge in [-0.2, -0.15) is 0 Å². The highest BCUT2D eigenvalue weighted by Crippen LogP contribution is 2.12. The Morgan fingerprint density at radius 1 is 1.31 bits per heavy atom. The molecule has 0 bridgehead atoms. The van der Waals surface area contributed by atoms with Gasteiger partial charge in [0.1, 0.15) is 5.82 Å². The summed E-state index contributed by atoms with van der Waals surface area (Å²) in [5.41, 5.74) is 0.638. The first kappa shape index (κ1) is 11.1. The van der Waals surface area contributed by atoms with E-state index in [1.54, 1.807) is 12.1 Å². The maximum atomic E-state index is 12.7. The van der Waals surface area contributed by atoms with E-state index in [1.807, 2.05) is 0 Å². The topological polar surface area (TPSA) is 41.1 Å². The molecule has 16 heavy (non-hydrogen) atoms. The van der Waals surface area contributed by atoms with Crippen LogP contribution in [0.15, 0.2) is 24.3 Å². The molecule has 86 valence electrons. The standard InChI is InChI=1S/C12H15FN2O/c13-9-4-6-10(7-5-9)15-12(16)11-3-1-2-8-14-11/h4-7,11,14H,1-3,8H2,(H,15,16)/t11-/m1/s1. The minimum absolute atomic E-state index is 0.0358. The molecule has 0 radical (unpaired) electrons. The molecule has 1 atom stereocenters. The molecule has 4 heteroatoms. The lowest BCUT2D eigenvalue weighted by Crippen LogP contribution is -2.43. The molecule has 1 aromatic rings. The second-order valence-electron chi connectivity index (χ2n) is 4.00. The van der Waals surface area contributed by atoms with E-state index in [-0.39, 0.29) is 17.8 Å². The molecule has 0 spiro atoms. The Hall–Kier alpha value is -1.42. The second-order valence-corrected chi connectivity index (χ2v) is 4.00. The summed E-state index contributed by atoms with van der Waals surface area (Å²) in [4.78, 5) is 11.8. The zero-order valence-corrected chi connectivity index (χ0v) is 9.00. The predicted octanol–water partition coefficient (Wildman–Crippen LogP) is 1.91. The van der Waals surface area contributed by atoms with Crippen molar-refractivity contribution in [3.8, 4) is 0 Å². The first-order valence-corrected chi connectivity index (χ1v) is 5.55. The maximum absolute atomic E-state index is 12.7. The Labute approximate surface area is 94.0 Å². The van der Waals surface area contributed by atoms with Crippen LogP contribution in [0.5, 0.6) is 0 Å². The fourth-order valence-electron chi connectivity index (χ4n) is 1.84. The Kier molecular flexibility index (Phi) is 3.51. The number of hydrogen-bond acceptors (Lipinski definition) is 2. The van der Waals surface area contributed by atoms with Crippen molar-refractivity contribution >= 4 is 11.6 Å².